The van der Waals surface area contributed by atoms with Gasteiger partial charge in [0.1, 0.15) is 0 Å². The van der Waals surface area contributed by atoms with E-state index in [0.29, 0.717) is 0 Å². The number of rotatable bonds is 4. The molecule has 0 radical (unpaired) electrons. The second kappa shape index (κ2) is 5.31. The summed E-state index contributed by atoms with van der Waals surface area (Å²) in [6, 6.07) is 7.96. The molecular formula is C14H17F3O. The van der Waals surface area contributed by atoms with Crippen LogP contribution in [0.4, 0.5) is 13.2 Å². The van der Waals surface area contributed by atoms with E-state index in [2.05, 4.69) is 0 Å². The van der Waals surface area contributed by atoms with Crippen LogP contribution in [0.1, 0.15) is 30.4 Å². The Morgan fingerprint density at radius 2 is 1.72 bits per heavy atom. The number of hydrogen-bond acceptors (Lipinski definition) is 1. The number of aliphatic hydroxyl groups excluding tert-OH is 1. The van der Waals surface area contributed by atoms with Crippen molar-refractivity contribution in [3.63, 3.8) is 0 Å². The monoisotopic (exact) mass is 258 g/mol. The van der Waals surface area contributed by atoms with Gasteiger partial charge in [-0.3, -0.25) is 0 Å². The zero-order valence-electron chi connectivity index (χ0n) is 10.1. The molecule has 4 heteroatoms. The van der Waals surface area contributed by atoms with E-state index >= 15 is 0 Å². The maximum atomic E-state index is 12.0. The van der Waals surface area contributed by atoms with Crippen molar-refractivity contribution in [2.75, 3.05) is 0 Å². The van der Waals surface area contributed by atoms with Crippen molar-refractivity contribution in [3.8, 4) is 0 Å². The van der Waals surface area contributed by atoms with Crippen LogP contribution in [0.2, 0.25) is 0 Å². The third kappa shape index (κ3) is 3.48. The fraction of sp³-hybridized carbons (Fsp3) is 0.571. The van der Waals surface area contributed by atoms with Crippen molar-refractivity contribution in [2.45, 2.75) is 44.4 Å². The number of alkyl halides is 3. The van der Waals surface area contributed by atoms with E-state index in [4.69, 9.17) is 0 Å². The molecule has 1 aliphatic rings. The van der Waals surface area contributed by atoms with E-state index < -0.39 is 18.7 Å². The number of aliphatic hydroxyl groups is 1. The quantitative estimate of drug-likeness (QED) is 0.876. The van der Waals surface area contributed by atoms with Crippen LogP contribution in [0.25, 0.3) is 0 Å². The first kappa shape index (κ1) is 13.4. The zero-order valence-corrected chi connectivity index (χ0v) is 10.1. The van der Waals surface area contributed by atoms with Crippen molar-refractivity contribution in [1.82, 2.24) is 0 Å². The Morgan fingerprint density at radius 1 is 1.17 bits per heavy atom. The summed E-state index contributed by atoms with van der Waals surface area (Å²) in [5.41, 5.74) is 2.44. The van der Waals surface area contributed by atoms with E-state index in [0.717, 1.165) is 12.8 Å². The molecule has 18 heavy (non-hydrogen) atoms. The molecule has 0 aliphatic heterocycles. The molecule has 0 spiro atoms. The molecule has 1 aliphatic carbocycles. The van der Waals surface area contributed by atoms with Crippen molar-refractivity contribution < 1.29 is 18.3 Å². The van der Waals surface area contributed by atoms with Crippen LogP contribution in [-0.4, -0.2) is 17.4 Å². The maximum absolute atomic E-state index is 12.0. The molecule has 100 valence electrons. The summed E-state index contributed by atoms with van der Waals surface area (Å²) in [4.78, 5) is 0. The molecule has 1 nitrogen and oxygen atoms in total. The third-order valence-corrected chi connectivity index (χ3v) is 3.59. The minimum absolute atomic E-state index is 0.0114. The topological polar surface area (TPSA) is 20.2 Å². The third-order valence-electron chi connectivity index (χ3n) is 3.59. The molecule has 0 bridgehead atoms. The molecule has 0 saturated carbocycles. The predicted molar refractivity (Wildman–Crippen MR) is 63.3 cm³/mol. The highest BCUT2D eigenvalue weighted by Crippen LogP contribution is 2.31. The van der Waals surface area contributed by atoms with Crippen LogP contribution in [0.5, 0.6) is 0 Å². The summed E-state index contributed by atoms with van der Waals surface area (Å²) in [5, 5.41) is 9.95. The molecule has 1 aromatic rings. The highest BCUT2D eigenvalue weighted by Gasteiger charge is 2.30. The summed E-state index contributed by atoms with van der Waals surface area (Å²) in [6.07, 6.45) is -3.73. The van der Waals surface area contributed by atoms with Gasteiger partial charge in [0.05, 0.1) is 6.10 Å². The second-order valence-electron chi connectivity index (χ2n) is 5.01. The standard InChI is InChI=1S/C14H17F3O/c15-14(16,17)7-3-6-13(18)12-8-10-4-1-2-5-11(10)9-12/h1-2,4-5,12-13,18H,3,6-9H2. The van der Waals surface area contributed by atoms with Gasteiger partial charge < -0.3 is 5.11 Å². The van der Waals surface area contributed by atoms with E-state index in [1.165, 1.54) is 11.1 Å². The van der Waals surface area contributed by atoms with E-state index in [1.54, 1.807) is 0 Å². The first-order valence-corrected chi connectivity index (χ1v) is 6.27. The van der Waals surface area contributed by atoms with Crippen molar-refractivity contribution in [3.05, 3.63) is 35.4 Å². The highest BCUT2D eigenvalue weighted by atomic mass is 19.4. The molecule has 0 aromatic heterocycles. The van der Waals surface area contributed by atoms with Crippen LogP contribution < -0.4 is 0 Å². The number of halogens is 3. The average molecular weight is 258 g/mol. The summed E-state index contributed by atoms with van der Waals surface area (Å²) < 4.78 is 36.1. The first-order valence-electron chi connectivity index (χ1n) is 6.27. The SMILES string of the molecule is OC(CCCC(F)(F)F)C1Cc2ccccc2C1. The summed E-state index contributed by atoms with van der Waals surface area (Å²) >= 11 is 0. The molecule has 0 saturated heterocycles. The molecule has 0 amide bonds. The molecule has 1 aromatic carbocycles. The first-order chi connectivity index (χ1) is 8.46. The van der Waals surface area contributed by atoms with E-state index in [1.807, 2.05) is 24.3 Å². The smallest absolute Gasteiger partial charge is 0.389 e. The average Bonchev–Trinajstić information content (AvgIpc) is 2.70. The molecule has 1 atom stereocenters. The van der Waals surface area contributed by atoms with Gasteiger partial charge in [0, 0.05) is 6.42 Å². The van der Waals surface area contributed by atoms with Crippen molar-refractivity contribution in [2.24, 2.45) is 5.92 Å². The highest BCUT2D eigenvalue weighted by molar-refractivity contribution is 5.32. The summed E-state index contributed by atoms with van der Waals surface area (Å²) in [7, 11) is 0. The van der Waals surface area contributed by atoms with Gasteiger partial charge in [-0.15, -0.1) is 0 Å². The Balaban J connectivity index is 1.81. The summed E-state index contributed by atoms with van der Waals surface area (Å²) in [5.74, 6) is 0.0793. The Bertz CT molecular complexity index is 375. The van der Waals surface area contributed by atoms with Gasteiger partial charge in [0.2, 0.25) is 0 Å². The number of benzene rings is 1. The van der Waals surface area contributed by atoms with Gasteiger partial charge in [-0.1, -0.05) is 24.3 Å². The lowest BCUT2D eigenvalue weighted by atomic mass is 9.95. The number of fused-ring (bicyclic) bond motifs is 1. The zero-order chi connectivity index (χ0) is 13.2. The van der Waals surface area contributed by atoms with E-state index in [9.17, 15) is 18.3 Å². The Hall–Kier alpha value is -1.03. The van der Waals surface area contributed by atoms with Crippen molar-refractivity contribution in [1.29, 1.82) is 0 Å². The van der Waals surface area contributed by atoms with Gasteiger partial charge in [-0.05, 0) is 42.7 Å². The van der Waals surface area contributed by atoms with Gasteiger partial charge in [-0.25, -0.2) is 0 Å². The normalized spacial score (nSPS) is 17.8. The molecule has 0 fully saturated rings. The molecule has 0 heterocycles. The molecule has 1 unspecified atom stereocenters. The minimum atomic E-state index is -4.11. The van der Waals surface area contributed by atoms with Crippen molar-refractivity contribution >= 4 is 0 Å². The lowest BCUT2D eigenvalue weighted by molar-refractivity contribution is -0.136. The minimum Gasteiger partial charge on any atom is -0.393 e. The number of hydrogen-bond donors (Lipinski definition) is 1. The Labute approximate surface area is 105 Å². The van der Waals surface area contributed by atoms with Gasteiger partial charge in [0.15, 0.2) is 0 Å². The maximum Gasteiger partial charge on any atom is 0.389 e. The van der Waals surface area contributed by atoms with Crippen LogP contribution in [0.15, 0.2) is 24.3 Å². The fourth-order valence-corrected chi connectivity index (χ4v) is 2.61. The van der Waals surface area contributed by atoms with Gasteiger partial charge in [0.25, 0.3) is 0 Å². The van der Waals surface area contributed by atoms with Crippen LogP contribution in [-0.2, 0) is 12.8 Å². The molecule has 2 rings (SSSR count). The van der Waals surface area contributed by atoms with Gasteiger partial charge >= 0.3 is 6.18 Å². The largest absolute Gasteiger partial charge is 0.393 e. The lowest BCUT2D eigenvalue weighted by Gasteiger charge is -2.17. The van der Waals surface area contributed by atoms with Gasteiger partial charge in [-0.2, -0.15) is 13.2 Å². The van der Waals surface area contributed by atoms with Crippen LogP contribution >= 0.6 is 0 Å². The van der Waals surface area contributed by atoms with E-state index in [-0.39, 0.29) is 18.8 Å². The Kier molecular flexibility index (Phi) is 3.95. The Morgan fingerprint density at radius 3 is 2.22 bits per heavy atom. The fourth-order valence-electron chi connectivity index (χ4n) is 2.61. The van der Waals surface area contributed by atoms with Crippen LogP contribution in [0.3, 0.4) is 0 Å². The molecule has 1 N–H and O–H groups in total. The lowest BCUT2D eigenvalue weighted by Crippen LogP contribution is -2.21. The van der Waals surface area contributed by atoms with Crippen LogP contribution in [0, 0.1) is 5.92 Å². The summed E-state index contributed by atoms with van der Waals surface area (Å²) in [6.45, 7) is 0. The predicted octanol–water partition coefficient (Wildman–Crippen LogP) is 3.49. The second-order valence-corrected chi connectivity index (χ2v) is 5.01. The molecular weight excluding hydrogens is 241 g/mol.